The first-order valence-corrected chi connectivity index (χ1v) is 7.62. The van der Waals surface area contributed by atoms with Crippen LogP contribution in [0.2, 0.25) is 0 Å². The molecule has 3 rings (SSSR count). The Labute approximate surface area is 130 Å². The van der Waals surface area contributed by atoms with E-state index in [0.717, 1.165) is 43.3 Å². The van der Waals surface area contributed by atoms with Gasteiger partial charge < -0.3 is 14.4 Å². The van der Waals surface area contributed by atoms with Crippen LogP contribution < -0.4 is 9.64 Å². The summed E-state index contributed by atoms with van der Waals surface area (Å²) in [5.74, 6) is 1.61. The van der Waals surface area contributed by atoms with Crippen LogP contribution in [-0.4, -0.2) is 36.3 Å². The van der Waals surface area contributed by atoms with Crippen molar-refractivity contribution in [2.75, 3.05) is 25.2 Å². The summed E-state index contributed by atoms with van der Waals surface area (Å²) in [5.41, 5.74) is 1.12. The fourth-order valence-electron chi connectivity index (χ4n) is 2.74. The van der Waals surface area contributed by atoms with Crippen LogP contribution in [0.5, 0.6) is 5.75 Å². The van der Waals surface area contributed by atoms with Crippen molar-refractivity contribution in [3.8, 4) is 5.75 Å². The van der Waals surface area contributed by atoms with Crippen LogP contribution in [0, 0.1) is 0 Å². The maximum atomic E-state index is 5.77. The third-order valence-corrected chi connectivity index (χ3v) is 3.84. The van der Waals surface area contributed by atoms with Crippen molar-refractivity contribution in [1.29, 1.82) is 0 Å². The highest BCUT2D eigenvalue weighted by molar-refractivity contribution is 5.38. The van der Waals surface area contributed by atoms with E-state index in [9.17, 15) is 0 Å². The van der Waals surface area contributed by atoms with Gasteiger partial charge in [0.15, 0.2) is 0 Å². The van der Waals surface area contributed by atoms with Gasteiger partial charge >= 0.3 is 0 Å². The number of aromatic nitrogens is 2. The normalized spacial score (nSPS) is 17.4. The molecule has 1 aromatic carbocycles. The minimum Gasteiger partial charge on any atom is -0.496 e. The maximum absolute atomic E-state index is 5.77. The third-order valence-electron chi connectivity index (χ3n) is 3.84. The van der Waals surface area contributed by atoms with Gasteiger partial charge in [0.05, 0.1) is 13.2 Å². The third kappa shape index (κ3) is 3.54. The molecule has 0 bridgehead atoms. The number of methoxy groups -OCH3 is 1. The number of rotatable bonds is 6. The molecule has 1 atom stereocenters. The van der Waals surface area contributed by atoms with Crippen LogP contribution in [-0.2, 0) is 11.3 Å². The quantitative estimate of drug-likeness (QED) is 0.820. The monoisotopic (exact) mass is 299 g/mol. The second-order valence-electron chi connectivity index (χ2n) is 5.38. The molecule has 22 heavy (non-hydrogen) atoms. The number of hydrogen-bond donors (Lipinski definition) is 0. The first kappa shape index (κ1) is 14.8. The van der Waals surface area contributed by atoms with Gasteiger partial charge in [0, 0.05) is 37.7 Å². The Morgan fingerprint density at radius 1 is 1.23 bits per heavy atom. The van der Waals surface area contributed by atoms with Gasteiger partial charge in [-0.3, -0.25) is 0 Å². The highest BCUT2D eigenvalue weighted by Gasteiger charge is 2.21. The summed E-state index contributed by atoms with van der Waals surface area (Å²) in [6.07, 6.45) is 6.01. The maximum Gasteiger partial charge on any atom is 0.225 e. The molecule has 0 spiro atoms. The molecule has 1 aromatic heterocycles. The molecule has 1 saturated heterocycles. The first-order chi connectivity index (χ1) is 10.9. The van der Waals surface area contributed by atoms with E-state index in [2.05, 4.69) is 20.9 Å². The predicted molar refractivity (Wildman–Crippen MR) is 85.1 cm³/mol. The molecule has 1 aliphatic rings. The SMILES string of the molecule is COc1ccccc1CN(CC1CCCO1)c1ncccn1. The van der Waals surface area contributed by atoms with Crippen molar-refractivity contribution in [2.24, 2.45) is 0 Å². The van der Waals surface area contributed by atoms with Gasteiger partial charge in [0.25, 0.3) is 0 Å². The van der Waals surface area contributed by atoms with Gasteiger partial charge in [0.2, 0.25) is 5.95 Å². The van der Waals surface area contributed by atoms with E-state index >= 15 is 0 Å². The second-order valence-corrected chi connectivity index (χ2v) is 5.38. The van der Waals surface area contributed by atoms with Gasteiger partial charge in [-0.1, -0.05) is 18.2 Å². The summed E-state index contributed by atoms with van der Waals surface area (Å²) in [6.45, 7) is 2.35. The van der Waals surface area contributed by atoms with Crippen LogP contribution in [0.4, 0.5) is 5.95 Å². The highest BCUT2D eigenvalue weighted by Crippen LogP contribution is 2.23. The average molecular weight is 299 g/mol. The zero-order valence-corrected chi connectivity index (χ0v) is 12.8. The molecule has 0 radical (unpaired) electrons. The van der Waals surface area contributed by atoms with Crippen molar-refractivity contribution in [3.63, 3.8) is 0 Å². The summed E-state index contributed by atoms with van der Waals surface area (Å²) in [7, 11) is 1.70. The molecule has 116 valence electrons. The Kier molecular flexibility index (Phi) is 4.85. The van der Waals surface area contributed by atoms with Crippen LogP contribution in [0.1, 0.15) is 18.4 Å². The summed E-state index contributed by atoms with van der Waals surface area (Å²) < 4.78 is 11.2. The molecular formula is C17H21N3O2. The lowest BCUT2D eigenvalue weighted by atomic mass is 10.1. The molecule has 1 unspecified atom stereocenters. The van der Waals surface area contributed by atoms with E-state index in [1.54, 1.807) is 19.5 Å². The van der Waals surface area contributed by atoms with E-state index in [4.69, 9.17) is 9.47 Å². The summed E-state index contributed by atoms with van der Waals surface area (Å²) >= 11 is 0. The van der Waals surface area contributed by atoms with Crippen LogP contribution >= 0.6 is 0 Å². The zero-order valence-electron chi connectivity index (χ0n) is 12.8. The Balaban J connectivity index is 1.81. The number of benzene rings is 1. The highest BCUT2D eigenvalue weighted by atomic mass is 16.5. The molecule has 5 heteroatoms. The van der Waals surface area contributed by atoms with Crippen molar-refractivity contribution < 1.29 is 9.47 Å². The van der Waals surface area contributed by atoms with E-state index in [1.807, 2.05) is 24.3 Å². The molecule has 1 fully saturated rings. The zero-order chi connectivity index (χ0) is 15.2. The van der Waals surface area contributed by atoms with Crippen LogP contribution in [0.15, 0.2) is 42.7 Å². The Bertz CT molecular complexity index is 585. The lowest BCUT2D eigenvalue weighted by molar-refractivity contribution is 0.115. The molecule has 2 heterocycles. The van der Waals surface area contributed by atoms with Crippen LogP contribution in [0.3, 0.4) is 0 Å². The summed E-state index contributed by atoms with van der Waals surface area (Å²) in [4.78, 5) is 10.9. The predicted octanol–water partition coefficient (Wildman–Crippen LogP) is 2.67. The number of nitrogens with zero attached hydrogens (tertiary/aromatic N) is 3. The standard InChI is InChI=1S/C17H21N3O2/c1-21-16-8-3-2-6-14(16)12-20(13-15-7-4-11-22-15)17-18-9-5-10-19-17/h2-3,5-6,8-10,15H,4,7,11-13H2,1H3. The Morgan fingerprint density at radius 2 is 2.05 bits per heavy atom. The fourth-order valence-corrected chi connectivity index (χ4v) is 2.74. The van der Waals surface area contributed by atoms with E-state index < -0.39 is 0 Å². The molecule has 0 saturated carbocycles. The Morgan fingerprint density at radius 3 is 2.77 bits per heavy atom. The Hall–Kier alpha value is -2.14. The van der Waals surface area contributed by atoms with E-state index in [1.165, 1.54) is 0 Å². The number of hydrogen-bond acceptors (Lipinski definition) is 5. The minimum atomic E-state index is 0.249. The molecule has 5 nitrogen and oxygen atoms in total. The average Bonchev–Trinajstić information content (AvgIpc) is 3.08. The van der Waals surface area contributed by atoms with Crippen molar-refractivity contribution in [3.05, 3.63) is 48.3 Å². The largest absolute Gasteiger partial charge is 0.496 e. The summed E-state index contributed by atoms with van der Waals surface area (Å²) in [6, 6.07) is 9.88. The van der Waals surface area contributed by atoms with Gasteiger partial charge in [-0.05, 0) is 25.0 Å². The smallest absolute Gasteiger partial charge is 0.225 e. The molecular weight excluding hydrogens is 278 g/mol. The van der Waals surface area contributed by atoms with Gasteiger partial charge in [-0.15, -0.1) is 0 Å². The molecule has 0 amide bonds. The summed E-state index contributed by atoms with van der Waals surface area (Å²) in [5, 5.41) is 0. The van der Waals surface area contributed by atoms with Gasteiger partial charge in [-0.2, -0.15) is 0 Å². The molecule has 0 aliphatic carbocycles. The lowest BCUT2D eigenvalue weighted by Crippen LogP contribution is -2.33. The number of anilines is 1. The van der Waals surface area contributed by atoms with E-state index in [-0.39, 0.29) is 6.10 Å². The van der Waals surface area contributed by atoms with Crippen molar-refractivity contribution >= 4 is 5.95 Å². The topological polar surface area (TPSA) is 47.5 Å². The molecule has 0 N–H and O–H groups in total. The molecule has 1 aliphatic heterocycles. The van der Waals surface area contributed by atoms with Crippen LogP contribution in [0.25, 0.3) is 0 Å². The van der Waals surface area contributed by atoms with Crippen molar-refractivity contribution in [2.45, 2.75) is 25.5 Å². The lowest BCUT2D eigenvalue weighted by Gasteiger charge is -2.26. The van der Waals surface area contributed by atoms with E-state index in [0.29, 0.717) is 6.54 Å². The second kappa shape index (κ2) is 7.22. The number of para-hydroxylation sites is 1. The first-order valence-electron chi connectivity index (χ1n) is 7.62. The van der Waals surface area contributed by atoms with Gasteiger partial charge in [-0.25, -0.2) is 9.97 Å². The molecule has 2 aromatic rings. The minimum absolute atomic E-state index is 0.249. The fraction of sp³-hybridized carbons (Fsp3) is 0.412. The van der Waals surface area contributed by atoms with Gasteiger partial charge in [0.1, 0.15) is 5.75 Å². The van der Waals surface area contributed by atoms with Crippen molar-refractivity contribution in [1.82, 2.24) is 9.97 Å². The number of ether oxygens (including phenoxy) is 2.